The Kier molecular flexibility index (Phi) is 17.3. The van der Waals surface area contributed by atoms with Crippen molar-refractivity contribution in [3.8, 4) is 0 Å². The molecule has 0 aliphatic carbocycles. The molecule has 45 heavy (non-hydrogen) atoms. The number of unbranched alkanes of at least 4 members (excludes halogenated alkanes) is 1. The lowest BCUT2D eigenvalue weighted by Gasteiger charge is -2.25. The third-order valence-electron chi connectivity index (χ3n) is 6.09. The summed E-state index contributed by atoms with van der Waals surface area (Å²) in [5.74, 6) is -6.36. The second-order valence-electron chi connectivity index (χ2n) is 10.0. The number of nitrogen functional groups attached to an aromatic ring is 1. The molecule has 1 aromatic carbocycles. The smallest absolute Gasteiger partial charge is 0.475 e. The number of carbonyl (C=O) groups is 5. The number of carboxylic acids is 1. The van der Waals surface area contributed by atoms with Crippen LogP contribution in [0.3, 0.4) is 0 Å². The largest absolute Gasteiger partial charge is 0.490 e. The van der Waals surface area contributed by atoms with Gasteiger partial charge in [-0.1, -0.05) is 44.0 Å². The summed E-state index contributed by atoms with van der Waals surface area (Å²) in [6.45, 7) is 2.20. The van der Waals surface area contributed by atoms with E-state index in [9.17, 15) is 32.3 Å². The summed E-state index contributed by atoms with van der Waals surface area (Å²) in [4.78, 5) is 65.3. The monoisotopic (exact) mass is 645 g/mol. The van der Waals surface area contributed by atoms with Crippen molar-refractivity contribution in [1.29, 1.82) is 5.41 Å². The van der Waals surface area contributed by atoms with Gasteiger partial charge in [-0.05, 0) is 31.2 Å². The van der Waals surface area contributed by atoms with Gasteiger partial charge in [0.1, 0.15) is 23.8 Å². The van der Waals surface area contributed by atoms with Gasteiger partial charge in [0.05, 0.1) is 0 Å². The highest BCUT2D eigenvalue weighted by molar-refractivity contribution is 6.02. The number of nitrogens with one attached hydrogen (secondary N) is 3. The molecular weight excluding hydrogens is 603 g/mol. The molecule has 2 unspecified atom stereocenters. The van der Waals surface area contributed by atoms with Gasteiger partial charge in [-0.25, -0.2) is 4.79 Å². The Morgan fingerprint density at radius 2 is 1.44 bits per heavy atom. The summed E-state index contributed by atoms with van der Waals surface area (Å²) in [6, 6.07) is 4.72. The molecule has 1 rings (SSSR count). The molecule has 0 aliphatic rings. The highest BCUT2D eigenvalue weighted by Crippen LogP contribution is 2.15. The number of carbonyl (C=O) groups excluding carboxylic acids is 4. The number of alkyl halides is 3. The zero-order chi connectivity index (χ0) is 34.9. The minimum absolute atomic E-state index is 0.0800. The number of guanidine groups is 1. The van der Waals surface area contributed by atoms with Crippen molar-refractivity contribution in [3.63, 3.8) is 0 Å². The van der Waals surface area contributed by atoms with Crippen molar-refractivity contribution < 1.29 is 42.3 Å². The fourth-order valence-corrected chi connectivity index (χ4v) is 3.67. The van der Waals surface area contributed by atoms with Crippen molar-refractivity contribution in [2.24, 2.45) is 33.8 Å². The van der Waals surface area contributed by atoms with E-state index in [1.807, 2.05) is 6.92 Å². The second kappa shape index (κ2) is 19.4. The van der Waals surface area contributed by atoms with Crippen LogP contribution in [-0.2, 0) is 30.4 Å². The Labute approximate surface area is 258 Å². The zero-order valence-electron chi connectivity index (χ0n) is 25.3. The first-order valence-electron chi connectivity index (χ1n) is 13.7. The second-order valence-corrected chi connectivity index (χ2v) is 10.0. The van der Waals surface area contributed by atoms with Crippen LogP contribution >= 0.6 is 0 Å². The fraction of sp³-hybridized carbons (Fsp3) is 0.519. The van der Waals surface area contributed by atoms with Crippen LogP contribution in [0.25, 0.3) is 0 Å². The molecule has 0 saturated carbocycles. The number of hydrogen-bond acceptors (Lipinski definition) is 7. The van der Waals surface area contributed by atoms with Gasteiger partial charge in [0.25, 0.3) is 0 Å². The SMILES string of the molecule is CCCCC(NC(=O)C(Cc1ccc(C(=N)N)cc1)C(=O)N(C)C)C(=O)N[C@@H](CCCN=C(N)N)C(N)=O.O=C(O)C(F)(F)F. The van der Waals surface area contributed by atoms with E-state index in [0.29, 0.717) is 30.4 Å². The fourth-order valence-electron chi connectivity index (χ4n) is 3.67. The number of carboxylic acid groups (broad SMARTS) is 1. The summed E-state index contributed by atoms with van der Waals surface area (Å²) >= 11 is 0. The average Bonchev–Trinajstić information content (AvgIpc) is 2.94. The molecule has 0 spiro atoms. The lowest BCUT2D eigenvalue weighted by Crippen LogP contribution is -2.54. The van der Waals surface area contributed by atoms with Crippen LogP contribution in [0.4, 0.5) is 13.2 Å². The third kappa shape index (κ3) is 15.9. The van der Waals surface area contributed by atoms with Crippen LogP contribution in [0, 0.1) is 11.3 Å². The molecule has 0 aliphatic heterocycles. The number of rotatable bonds is 16. The third-order valence-corrected chi connectivity index (χ3v) is 6.09. The van der Waals surface area contributed by atoms with E-state index in [1.165, 1.54) is 4.90 Å². The molecule has 0 aromatic heterocycles. The summed E-state index contributed by atoms with van der Waals surface area (Å²) < 4.78 is 31.7. The lowest BCUT2D eigenvalue weighted by atomic mass is 9.95. The van der Waals surface area contributed by atoms with Crippen LogP contribution in [0.1, 0.15) is 50.2 Å². The van der Waals surface area contributed by atoms with Crippen LogP contribution in [-0.4, -0.2) is 90.3 Å². The van der Waals surface area contributed by atoms with Gasteiger partial charge >= 0.3 is 12.1 Å². The first-order valence-corrected chi connectivity index (χ1v) is 13.7. The molecule has 4 amide bonds. The normalized spacial score (nSPS) is 12.7. The summed E-state index contributed by atoms with van der Waals surface area (Å²) in [7, 11) is 3.09. The van der Waals surface area contributed by atoms with Gasteiger partial charge < -0.3 is 43.6 Å². The summed E-state index contributed by atoms with van der Waals surface area (Å²) in [5, 5.41) is 20.0. The number of amidine groups is 1. The number of benzene rings is 1. The van der Waals surface area contributed by atoms with Gasteiger partial charge in [0.15, 0.2) is 5.96 Å². The minimum atomic E-state index is -5.08. The van der Waals surface area contributed by atoms with Crippen molar-refractivity contribution >= 4 is 41.4 Å². The number of aliphatic carboxylic acids is 1. The Morgan fingerprint density at radius 3 is 1.87 bits per heavy atom. The minimum Gasteiger partial charge on any atom is -0.475 e. The highest BCUT2D eigenvalue weighted by atomic mass is 19.4. The Hall–Kier alpha value is -4.90. The average molecular weight is 646 g/mol. The van der Waals surface area contributed by atoms with Gasteiger partial charge in [0.2, 0.25) is 23.6 Å². The number of amides is 4. The maximum atomic E-state index is 13.3. The quantitative estimate of drug-likeness (QED) is 0.0500. The molecule has 3 atom stereocenters. The van der Waals surface area contributed by atoms with Gasteiger partial charge in [-0.15, -0.1) is 0 Å². The molecule has 0 fully saturated rings. The lowest BCUT2D eigenvalue weighted by molar-refractivity contribution is -0.192. The van der Waals surface area contributed by atoms with Crippen LogP contribution in [0.15, 0.2) is 29.3 Å². The number of halogens is 3. The van der Waals surface area contributed by atoms with Gasteiger partial charge in [0, 0.05) is 26.2 Å². The first kappa shape index (κ1) is 40.1. The molecule has 15 nitrogen and oxygen atoms in total. The number of hydrogen-bond donors (Lipinski definition) is 8. The van der Waals surface area contributed by atoms with E-state index in [-0.39, 0.29) is 31.2 Å². The van der Waals surface area contributed by atoms with Gasteiger partial charge in [-0.3, -0.25) is 29.6 Å². The molecule has 1 aromatic rings. The highest BCUT2D eigenvalue weighted by Gasteiger charge is 2.38. The number of primary amides is 1. The number of nitrogens with zero attached hydrogens (tertiary/aromatic N) is 2. The molecule has 252 valence electrons. The molecule has 0 bridgehead atoms. The van der Waals surface area contributed by atoms with E-state index in [1.54, 1.807) is 38.4 Å². The molecule has 12 N–H and O–H groups in total. The summed E-state index contributed by atoms with van der Waals surface area (Å²) in [6.07, 6.45) is -2.69. The molecule has 0 heterocycles. The molecular formula is C27H42F3N9O6. The van der Waals surface area contributed by atoms with E-state index in [0.717, 1.165) is 6.42 Å². The van der Waals surface area contributed by atoms with Crippen LogP contribution < -0.4 is 33.6 Å². The standard InChI is InChI=1S/C25H41N9O4.C2HF3O2/c1-4-5-7-19(23(37)32-18(21(28)35)8-6-13-31-25(29)30)33-22(36)17(24(38)34(2)3)14-15-9-11-16(12-10-15)20(26)27;3-2(4,5)1(6)7/h9-12,17-19H,4-8,13-14H2,1-3H3,(H3,26,27)(H2,28,35)(H,32,37)(H,33,36)(H4,29,30,31);(H,6,7)/t17?,18-,19?;/m0./s1. The van der Waals surface area contributed by atoms with Crippen molar-refractivity contribution in [3.05, 3.63) is 35.4 Å². The van der Waals surface area contributed by atoms with Gasteiger partial charge in [-0.2, -0.15) is 13.2 Å². The van der Waals surface area contributed by atoms with Crippen LogP contribution in [0.2, 0.25) is 0 Å². The Bertz CT molecular complexity index is 1200. The number of nitrogens with two attached hydrogens (primary N) is 4. The summed E-state index contributed by atoms with van der Waals surface area (Å²) in [5.41, 5.74) is 22.8. The van der Waals surface area contributed by atoms with E-state index in [2.05, 4.69) is 15.6 Å². The zero-order valence-corrected chi connectivity index (χ0v) is 25.3. The predicted octanol–water partition coefficient (Wildman–Crippen LogP) is -0.450. The first-order chi connectivity index (χ1) is 20.8. The molecule has 0 saturated heterocycles. The van der Waals surface area contributed by atoms with Crippen molar-refractivity contribution in [2.75, 3.05) is 20.6 Å². The van der Waals surface area contributed by atoms with Crippen molar-refractivity contribution in [1.82, 2.24) is 15.5 Å². The van der Waals surface area contributed by atoms with Crippen LogP contribution in [0.5, 0.6) is 0 Å². The van der Waals surface area contributed by atoms with E-state index < -0.39 is 53.8 Å². The van der Waals surface area contributed by atoms with E-state index >= 15 is 0 Å². The number of aliphatic imine (C=N–C) groups is 1. The maximum Gasteiger partial charge on any atom is 0.490 e. The maximum absolute atomic E-state index is 13.3. The molecule has 0 radical (unpaired) electrons. The molecule has 18 heteroatoms. The van der Waals surface area contributed by atoms with Crippen molar-refractivity contribution in [2.45, 2.75) is 63.7 Å². The Morgan fingerprint density at radius 1 is 0.933 bits per heavy atom. The van der Waals surface area contributed by atoms with E-state index in [4.69, 9.17) is 38.2 Å². The topological polar surface area (TPSA) is 273 Å². The predicted molar refractivity (Wildman–Crippen MR) is 160 cm³/mol. The Balaban J connectivity index is 0.00000246.